The zero-order chi connectivity index (χ0) is 18.6. The summed E-state index contributed by atoms with van der Waals surface area (Å²) >= 11 is 3.42. The molecule has 0 saturated carbocycles. The summed E-state index contributed by atoms with van der Waals surface area (Å²) in [6, 6.07) is 16.2. The van der Waals surface area contributed by atoms with E-state index in [1.807, 2.05) is 30.3 Å². The molecule has 0 aliphatic rings. The van der Waals surface area contributed by atoms with Gasteiger partial charge in [0.2, 0.25) is 10.0 Å². The van der Waals surface area contributed by atoms with Crippen molar-refractivity contribution in [1.82, 2.24) is 14.8 Å². The second-order valence-electron chi connectivity index (χ2n) is 5.40. The fourth-order valence-electron chi connectivity index (χ4n) is 2.35. The molecular formula is C17H14BrN5O2S. The lowest BCUT2D eigenvalue weighted by Crippen LogP contribution is -2.19. The van der Waals surface area contributed by atoms with E-state index in [1.165, 1.54) is 11.0 Å². The van der Waals surface area contributed by atoms with Gasteiger partial charge in [-0.1, -0.05) is 46.3 Å². The quantitative estimate of drug-likeness (QED) is 0.646. The third-order valence-corrected chi connectivity index (χ3v) is 5.65. The molecule has 9 heteroatoms. The zero-order valence-corrected chi connectivity index (χ0v) is 15.9. The Hall–Kier alpha value is -2.70. The molecule has 2 aromatic carbocycles. The first kappa shape index (κ1) is 18.1. The maximum absolute atomic E-state index is 12.5. The van der Waals surface area contributed by atoms with Crippen molar-refractivity contribution < 1.29 is 8.42 Å². The van der Waals surface area contributed by atoms with Gasteiger partial charge in [0.25, 0.3) is 5.82 Å². The molecule has 0 amide bonds. The maximum atomic E-state index is 12.5. The smallest absolute Gasteiger partial charge is 0.252 e. The van der Waals surface area contributed by atoms with Crippen LogP contribution in [0.3, 0.4) is 0 Å². The molecule has 0 bridgehead atoms. The summed E-state index contributed by atoms with van der Waals surface area (Å²) in [4.78, 5) is 3.84. The Kier molecular flexibility index (Phi) is 5.35. The van der Waals surface area contributed by atoms with Gasteiger partial charge in [-0.05, 0) is 30.2 Å². The summed E-state index contributed by atoms with van der Waals surface area (Å²) in [5, 5.41) is 12.8. The largest absolute Gasteiger partial charge is 0.281 e. The van der Waals surface area contributed by atoms with Crippen LogP contribution in [0.1, 0.15) is 11.4 Å². The van der Waals surface area contributed by atoms with Crippen molar-refractivity contribution in [2.24, 2.45) is 0 Å². The number of para-hydroxylation sites is 2. The van der Waals surface area contributed by atoms with Crippen LogP contribution in [0.4, 0.5) is 5.69 Å². The summed E-state index contributed by atoms with van der Waals surface area (Å²) in [5.41, 5.74) is 1.78. The fraction of sp³-hybridized carbons (Fsp3) is 0.118. The number of anilines is 1. The number of nitriles is 1. The minimum Gasteiger partial charge on any atom is -0.281 e. The third-order valence-electron chi connectivity index (χ3n) is 3.61. The molecule has 7 nitrogen and oxygen atoms in total. The maximum Gasteiger partial charge on any atom is 0.252 e. The van der Waals surface area contributed by atoms with Crippen LogP contribution in [0, 0.1) is 11.3 Å². The molecule has 0 aliphatic heterocycles. The predicted molar refractivity (Wildman–Crippen MR) is 101 cm³/mol. The molecule has 0 fully saturated rings. The van der Waals surface area contributed by atoms with Gasteiger partial charge < -0.3 is 0 Å². The van der Waals surface area contributed by atoms with E-state index < -0.39 is 10.0 Å². The summed E-state index contributed by atoms with van der Waals surface area (Å²) in [6.07, 6.45) is 1.74. The average molecular weight is 432 g/mol. The fourth-order valence-corrected chi connectivity index (χ4v) is 3.94. The summed E-state index contributed by atoms with van der Waals surface area (Å²) in [5.74, 6) is -0.0540. The number of hydrogen-bond acceptors (Lipinski definition) is 5. The minimum absolute atomic E-state index is 0.0107. The first-order valence-electron chi connectivity index (χ1n) is 7.63. The monoisotopic (exact) mass is 431 g/mol. The van der Waals surface area contributed by atoms with E-state index in [0.29, 0.717) is 17.8 Å². The van der Waals surface area contributed by atoms with Crippen LogP contribution in [0.5, 0.6) is 0 Å². The summed E-state index contributed by atoms with van der Waals surface area (Å²) in [7, 11) is -3.58. The van der Waals surface area contributed by atoms with Gasteiger partial charge in [-0.3, -0.25) is 4.72 Å². The summed E-state index contributed by atoms with van der Waals surface area (Å²) in [6.45, 7) is 0. The molecule has 1 N–H and O–H groups in total. The van der Waals surface area contributed by atoms with Gasteiger partial charge in [-0.2, -0.15) is 5.26 Å². The highest BCUT2D eigenvalue weighted by atomic mass is 79.9. The van der Waals surface area contributed by atoms with Crippen molar-refractivity contribution in [2.75, 3.05) is 10.5 Å². The number of nitrogens with one attached hydrogen (secondary N) is 1. The second-order valence-corrected chi connectivity index (χ2v) is 8.10. The van der Waals surface area contributed by atoms with E-state index >= 15 is 0 Å². The minimum atomic E-state index is -3.58. The predicted octanol–water partition coefficient (Wildman–Crippen LogP) is 2.89. The van der Waals surface area contributed by atoms with E-state index in [0.717, 1.165) is 10.0 Å². The Morgan fingerprint density at radius 2 is 1.88 bits per heavy atom. The topological polar surface area (TPSA) is 101 Å². The highest BCUT2D eigenvalue weighted by Gasteiger charge is 2.15. The van der Waals surface area contributed by atoms with Gasteiger partial charge in [0, 0.05) is 4.47 Å². The number of rotatable bonds is 6. The molecule has 0 radical (unpaired) electrons. The van der Waals surface area contributed by atoms with E-state index in [4.69, 9.17) is 5.26 Å². The molecule has 3 rings (SSSR count). The average Bonchev–Trinajstić information content (AvgIpc) is 3.10. The van der Waals surface area contributed by atoms with Crippen LogP contribution in [0.2, 0.25) is 0 Å². The van der Waals surface area contributed by atoms with Crippen molar-refractivity contribution in [2.45, 2.75) is 6.42 Å². The molecule has 1 aromatic heterocycles. The van der Waals surface area contributed by atoms with E-state index in [9.17, 15) is 8.42 Å². The van der Waals surface area contributed by atoms with Gasteiger partial charge in [0.05, 0.1) is 17.1 Å². The Bertz CT molecular complexity index is 1070. The number of aryl methyl sites for hydroxylation is 1. The first-order valence-corrected chi connectivity index (χ1v) is 10.1. The number of nitrogens with zero attached hydrogens (tertiary/aromatic N) is 4. The number of aromatic nitrogens is 3. The molecule has 3 aromatic rings. The van der Waals surface area contributed by atoms with E-state index in [-0.39, 0.29) is 11.6 Å². The Morgan fingerprint density at radius 1 is 1.15 bits per heavy atom. The Morgan fingerprint density at radius 3 is 2.62 bits per heavy atom. The second kappa shape index (κ2) is 7.68. The standard InChI is InChI=1S/C17H14BrN5O2S/c18-14-6-2-1-5-13(14)9-10-26(24,25)22-15-7-3-4-8-16(15)23-12-20-17(11-19)21-23/h1-8,12,22H,9-10H2. The number of sulfonamides is 1. The van der Waals surface area contributed by atoms with Gasteiger partial charge >= 0.3 is 0 Å². The van der Waals surface area contributed by atoms with Gasteiger partial charge in [-0.25, -0.2) is 18.1 Å². The number of benzene rings is 2. The van der Waals surface area contributed by atoms with Crippen LogP contribution < -0.4 is 4.72 Å². The third kappa shape index (κ3) is 4.28. The lowest BCUT2D eigenvalue weighted by Gasteiger charge is -2.12. The molecule has 0 unspecified atom stereocenters. The van der Waals surface area contributed by atoms with Crippen molar-refractivity contribution in [3.63, 3.8) is 0 Å². The lowest BCUT2D eigenvalue weighted by molar-refractivity contribution is 0.600. The van der Waals surface area contributed by atoms with Crippen molar-refractivity contribution in [3.05, 3.63) is 70.7 Å². The molecule has 26 heavy (non-hydrogen) atoms. The Labute approximate surface area is 159 Å². The SMILES string of the molecule is N#Cc1ncn(-c2ccccc2NS(=O)(=O)CCc2ccccc2Br)n1. The van der Waals surface area contributed by atoms with Gasteiger partial charge in [0.1, 0.15) is 12.4 Å². The van der Waals surface area contributed by atoms with Crippen molar-refractivity contribution in [3.8, 4) is 11.8 Å². The molecule has 0 spiro atoms. The van der Waals surface area contributed by atoms with Crippen LogP contribution in [0.25, 0.3) is 5.69 Å². The number of halogens is 1. The van der Waals surface area contributed by atoms with Crippen LogP contribution in [0.15, 0.2) is 59.3 Å². The molecule has 1 heterocycles. The molecule has 0 saturated heterocycles. The van der Waals surface area contributed by atoms with Gasteiger partial charge in [-0.15, -0.1) is 5.10 Å². The normalized spacial score (nSPS) is 11.1. The van der Waals surface area contributed by atoms with Crippen LogP contribution in [-0.4, -0.2) is 28.9 Å². The summed E-state index contributed by atoms with van der Waals surface area (Å²) < 4.78 is 29.8. The first-order chi connectivity index (χ1) is 12.5. The highest BCUT2D eigenvalue weighted by Crippen LogP contribution is 2.21. The van der Waals surface area contributed by atoms with E-state index in [1.54, 1.807) is 24.3 Å². The zero-order valence-electron chi connectivity index (χ0n) is 13.5. The molecule has 132 valence electrons. The van der Waals surface area contributed by atoms with Gasteiger partial charge in [0.15, 0.2) is 0 Å². The number of hydrogen-bond donors (Lipinski definition) is 1. The van der Waals surface area contributed by atoms with Crippen LogP contribution >= 0.6 is 15.9 Å². The van der Waals surface area contributed by atoms with Crippen molar-refractivity contribution in [1.29, 1.82) is 5.26 Å². The Balaban J connectivity index is 1.80. The van der Waals surface area contributed by atoms with Crippen LogP contribution in [-0.2, 0) is 16.4 Å². The van der Waals surface area contributed by atoms with Crippen molar-refractivity contribution >= 4 is 31.6 Å². The van der Waals surface area contributed by atoms with E-state index in [2.05, 4.69) is 30.7 Å². The lowest BCUT2D eigenvalue weighted by atomic mass is 10.2. The molecular weight excluding hydrogens is 418 g/mol. The highest BCUT2D eigenvalue weighted by molar-refractivity contribution is 9.10. The molecule has 0 aliphatic carbocycles. The molecule has 0 atom stereocenters.